The SMILES string of the molecule is CCCCCCCC(=O)CCCCCC/C=C/[C@H](C(=O)N[C@@H](Cc1ccc(-c2ccccc2F)cc1)C(=O)CC)[C@@](O)(CCOC)C(=O)O. The first-order valence-corrected chi connectivity index (χ1v) is 17.9. The van der Waals surface area contributed by atoms with E-state index in [1.165, 1.54) is 38.5 Å². The highest BCUT2D eigenvalue weighted by Crippen LogP contribution is 2.27. The molecular weight excluding hydrogens is 625 g/mol. The summed E-state index contributed by atoms with van der Waals surface area (Å²) in [6, 6.07) is 12.5. The Labute approximate surface area is 291 Å². The monoisotopic (exact) mass is 681 g/mol. The number of amides is 1. The van der Waals surface area contributed by atoms with Gasteiger partial charge in [-0.15, -0.1) is 0 Å². The molecule has 3 N–H and O–H groups in total. The van der Waals surface area contributed by atoms with Crippen molar-refractivity contribution < 1.29 is 38.5 Å². The number of aliphatic hydroxyl groups is 1. The lowest BCUT2D eigenvalue weighted by Crippen LogP contribution is -2.55. The van der Waals surface area contributed by atoms with Crippen LogP contribution in [0.4, 0.5) is 4.39 Å². The Kier molecular flexibility index (Phi) is 19.3. The second kappa shape index (κ2) is 22.9. The van der Waals surface area contributed by atoms with Crippen molar-refractivity contribution in [2.24, 2.45) is 5.92 Å². The topological polar surface area (TPSA) is 130 Å². The fourth-order valence-corrected chi connectivity index (χ4v) is 5.84. The molecule has 0 radical (unpaired) electrons. The average Bonchev–Trinajstić information content (AvgIpc) is 3.09. The maximum Gasteiger partial charge on any atom is 0.336 e. The third kappa shape index (κ3) is 14.4. The summed E-state index contributed by atoms with van der Waals surface area (Å²) in [5.41, 5.74) is -0.628. The molecule has 0 unspecified atom stereocenters. The predicted octanol–water partition coefficient (Wildman–Crippen LogP) is 7.79. The number of aliphatic carboxylic acids is 1. The number of Topliss-reactive ketones (excluding diaryl/α,β-unsaturated/α-hetero) is 2. The lowest BCUT2D eigenvalue weighted by molar-refractivity contribution is -0.168. The van der Waals surface area contributed by atoms with Gasteiger partial charge in [0, 0.05) is 45.0 Å². The van der Waals surface area contributed by atoms with Crippen molar-refractivity contribution in [3.63, 3.8) is 0 Å². The fraction of sp³-hybridized carbons (Fsp3) is 0.550. The van der Waals surface area contributed by atoms with Gasteiger partial charge in [-0.1, -0.05) is 107 Å². The number of hydrogen-bond acceptors (Lipinski definition) is 6. The average molecular weight is 682 g/mol. The van der Waals surface area contributed by atoms with Gasteiger partial charge < -0.3 is 20.3 Å². The summed E-state index contributed by atoms with van der Waals surface area (Å²) >= 11 is 0. The molecule has 49 heavy (non-hydrogen) atoms. The summed E-state index contributed by atoms with van der Waals surface area (Å²) in [4.78, 5) is 51.2. The van der Waals surface area contributed by atoms with Gasteiger partial charge >= 0.3 is 5.97 Å². The molecule has 3 atom stereocenters. The van der Waals surface area contributed by atoms with Crippen LogP contribution < -0.4 is 5.32 Å². The predicted molar refractivity (Wildman–Crippen MR) is 191 cm³/mol. The molecule has 0 spiro atoms. The number of unbranched alkanes of at least 4 members (excludes halogenated alkanes) is 8. The number of benzene rings is 2. The molecule has 2 rings (SSSR count). The number of hydrogen-bond donors (Lipinski definition) is 3. The number of methoxy groups -OCH3 is 1. The van der Waals surface area contributed by atoms with Crippen LogP contribution in [0.25, 0.3) is 11.1 Å². The highest BCUT2D eigenvalue weighted by Gasteiger charge is 2.47. The Balaban J connectivity index is 2.06. The molecular formula is C40H56FNO7. The summed E-state index contributed by atoms with van der Waals surface area (Å²) in [5, 5.41) is 24.1. The Hall–Kier alpha value is -3.69. The highest BCUT2D eigenvalue weighted by molar-refractivity contribution is 5.94. The van der Waals surface area contributed by atoms with Gasteiger partial charge in [0.05, 0.1) is 12.0 Å². The molecule has 0 aliphatic carbocycles. The molecule has 0 aromatic heterocycles. The van der Waals surface area contributed by atoms with Gasteiger partial charge in [-0.2, -0.15) is 0 Å². The van der Waals surface area contributed by atoms with Crippen LogP contribution in [0.1, 0.15) is 109 Å². The first kappa shape index (κ1) is 41.5. The van der Waals surface area contributed by atoms with Gasteiger partial charge in [0.15, 0.2) is 11.4 Å². The van der Waals surface area contributed by atoms with Crippen LogP contribution in [0, 0.1) is 11.7 Å². The van der Waals surface area contributed by atoms with Crippen LogP contribution >= 0.6 is 0 Å². The number of ether oxygens (including phenoxy) is 1. The van der Waals surface area contributed by atoms with E-state index in [0.717, 1.165) is 44.1 Å². The summed E-state index contributed by atoms with van der Waals surface area (Å²) in [5.74, 6) is -4.11. The third-order valence-electron chi connectivity index (χ3n) is 8.95. The maximum atomic E-state index is 14.3. The zero-order chi connectivity index (χ0) is 36.1. The maximum absolute atomic E-state index is 14.3. The summed E-state index contributed by atoms with van der Waals surface area (Å²) in [7, 11) is 1.38. The van der Waals surface area contributed by atoms with Gasteiger partial charge in [-0.3, -0.25) is 14.4 Å². The van der Waals surface area contributed by atoms with E-state index in [1.807, 2.05) is 0 Å². The van der Waals surface area contributed by atoms with Crippen molar-refractivity contribution in [3.8, 4) is 11.1 Å². The number of nitrogens with one attached hydrogen (secondary N) is 1. The van der Waals surface area contributed by atoms with Gasteiger partial charge in [0.25, 0.3) is 0 Å². The number of carboxylic acids is 1. The second-order valence-electron chi connectivity index (χ2n) is 12.8. The van der Waals surface area contributed by atoms with E-state index < -0.39 is 29.4 Å². The zero-order valence-corrected chi connectivity index (χ0v) is 29.6. The normalized spacial score (nSPS) is 13.9. The number of carbonyl (C=O) groups is 4. The number of rotatable bonds is 26. The van der Waals surface area contributed by atoms with E-state index in [0.29, 0.717) is 36.2 Å². The molecule has 9 heteroatoms. The van der Waals surface area contributed by atoms with Crippen molar-refractivity contribution in [1.29, 1.82) is 0 Å². The molecule has 0 saturated heterocycles. The van der Waals surface area contributed by atoms with Crippen LogP contribution in [-0.2, 0) is 30.3 Å². The van der Waals surface area contributed by atoms with Crippen LogP contribution in [0.15, 0.2) is 60.7 Å². The standard InChI is InChI=1S/C40H56FNO7/c1-4-6-7-10-13-18-32(43)19-14-11-8-9-12-15-21-34(40(48,39(46)47)27-28-49-3)38(45)42-36(37(44)5-2)29-30-23-25-31(26-24-30)33-20-16-17-22-35(33)41/h15-17,20-26,34,36,48H,4-14,18-19,27-29H2,1-3H3,(H,42,45)(H,46,47)/b21-15+/t34-,36+,40+/m1/s1. The smallest absolute Gasteiger partial charge is 0.336 e. The van der Waals surface area contributed by atoms with E-state index >= 15 is 0 Å². The van der Waals surface area contributed by atoms with Crippen LogP contribution in [0.3, 0.4) is 0 Å². The molecule has 0 aliphatic rings. The number of carbonyl (C=O) groups excluding carboxylic acids is 3. The minimum absolute atomic E-state index is 0.0937. The van der Waals surface area contributed by atoms with Crippen molar-refractivity contribution in [1.82, 2.24) is 5.32 Å². The van der Waals surface area contributed by atoms with Gasteiger partial charge in [-0.25, -0.2) is 9.18 Å². The molecule has 0 heterocycles. The molecule has 0 bridgehead atoms. The third-order valence-corrected chi connectivity index (χ3v) is 8.95. The molecule has 8 nitrogen and oxygen atoms in total. The van der Waals surface area contributed by atoms with E-state index in [2.05, 4.69) is 12.2 Å². The van der Waals surface area contributed by atoms with E-state index in [1.54, 1.807) is 55.5 Å². The van der Waals surface area contributed by atoms with E-state index in [9.17, 15) is 33.8 Å². The minimum atomic E-state index is -2.46. The molecule has 1 amide bonds. The quantitative estimate of drug-likeness (QED) is 0.0683. The Bertz CT molecular complexity index is 1340. The number of allylic oxidation sites excluding steroid dienone is 1. The molecule has 270 valence electrons. The van der Waals surface area contributed by atoms with Crippen molar-refractivity contribution in [2.75, 3.05) is 13.7 Å². The number of ketones is 2. The molecule has 0 fully saturated rings. The Morgan fingerprint density at radius 1 is 0.898 bits per heavy atom. The van der Waals surface area contributed by atoms with Crippen LogP contribution in [0.5, 0.6) is 0 Å². The van der Waals surface area contributed by atoms with Gasteiger partial charge in [-0.05, 0) is 49.3 Å². The Morgan fingerprint density at radius 2 is 1.53 bits per heavy atom. The van der Waals surface area contributed by atoms with Crippen molar-refractivity contribution in [2.45, 2.75) is 122 Å². The van der Waals surface area contributed by atoms with E-state index in [-0.39, 0.29) is 37.5 Å². The molecule has 0 saturated carbocycles. The van der Waals surface area contributed by atoms with Crippen LogP contribution in [0.2, 0.25) is 0 Å². The second-order valence-corrected chi connectivity index (χ2v) is 12.8. The Morgan fingerprint density at radius 3 is 2.12 bits per heavy atom. The van der Waals surface area contributed by atoms with Crippen molar-refractivity contribution >= 4 is 23.4 Å². The fourth-order valence-electron chi connectivity index (χ4n) is 5.84. The number of halogens is 1. The summed E-state index contributed by atoms with van der Waals surface area (Å²) in [6.07, 6.45) is 13.9. The minimum Gasteiger partial charge on any atom is -0.479 e. The summed E-state index contributed by atoms with van der Waals surface area (Å²) < 4.78 is 19.3. The highest BCUT2D eigenvalue weighted by atomic mass is 19.1. The van der Waals surface area contributed by atoms with Gasteiger partial charge in [0.2, 0.25) is 5.91 Å². The molecule has 2 aromatic rings. The van der Waals surface area contributed by atoms with Crippen molar-refractivity contribution in [3.05, 3.63) is 72.1 Å². The number of carboxylic acid groups (broad SMARTS) is 1. The lowest BCUT2D eigenvalue weighted by atomic mass is 9.82. The van der Waals surface area contributed by atoms with Gasteiger partial charge in [0.1, 0.15) is 11.6 Å². The lowest BCUT2D eigenvalue weighted by Gasteiger charge is -2.31. The summed E-state index contributed by atoms with van der Waals surface area (Å²) in [6.45, 7) is 3.75. The molecule has 2 aromatic carbocycles. The van der Waals surface area contributed by atoms with E-state index in [4.69, 9.17) is 4.74 Å². The van der Waals surface area contributed by atoms with Crippen LogP contribution in [-0.4, -0.2) is 59.0 Å². The first-order valence-electron chi connectivity index (χ1n) is 17.9. The largest absolute Gasteiger partial charge is 0.479 e. The first-order chi connectivity index (χ1) is 23.6. The molecule has 0 aliphatic heterocycles. The zero-order valence-electron chi connectivity index (χ0n) is 29.6.